The van der Waals surface area contributed by atoms with E-state index < -0.39 is 0 Å². The van der Waals surface area contributed by atoms with Crippen molar-refractivity contribution in [1.29, 1.82) is 0 Å². The van der Waals surface area contributed by atoms with Crippen LogP contribution in [0.3, 0.4) is 0 Å². The molecule has 0 aliphatic carbocycles. The SMILES string of the molecule is COc1cccc(CC(NN)c2ccc(Br)c(C)c2)c1F. The number of nitrogens with two attached hydrogens (primary N) is 1. The zero-order valence-electron chi connectivity index (χ0n) is 12.0. The van der Waals surface area contributed by atoms with Crippen LogP contribution in [0.4, 0.5) is 4.39 Å². The fourth-order valence-corrected chi connectivity index (χ4v) is 2.50. The number of aryl methyl sites for hydroxylation is 1. The second kappa shape index (κ2) is 7.02. The van der Waals surface area contributed by atoms with Gasteiger partial charge in [0.25, 0.3) is 0 Å². The van der Waals surface area contributed by atoms with E-state index in [1.165, 1.54) is 7.11 Å². The molecule has 1 atom stereocenters. The third kappa shape index (κ3) is 3.61. The topological polar surface area (TPSA) is 47.3 Å². The molecule has 0 fully saturated rings. The molecule has 3 nitrogen and oxygen atoms in total. The van der Waals surface area contributed by atoms with Crippen molar-refractivity contribution in [2.45, 2.75) is 19.4 Å². The maximum Gasteiger partial charge on any atom is 0.168 e. The van der Waals surface area contributed by atoms with Gasteiger partial charge in [-0.2, -0.15) is 0 Å². The molecule has 0 aliphatic heterocycles. The van der Waals surface area contributed by atoms with Crippen molar-refractivity contribution < 1.29 is 9.13 Å². The summed E-state index contributed by atoms with van der Waals surface area (Å²) >= 11 is 3.47. The number of hydrogen-bond donors (Lipinski definition) is 2. The van der Waals surface area contributed by atoms with Crippen molar-refractivity contribution in [2.24, 2.45) is 5.84 Å². The summed E-state index contributed by atoms with van der Waals surface area (Å²) in [6, 6.07) is 10.9. The van der Waals surface area contributed by atoms with Crippen LogP contribution in [-0.4, -0.2) is 7.11 Å². The predicted molar refractivity (Wildman–Crippen MR) is 85.6 cm³/mol. The van der Waals surface area contributed by atoms with Crippen LogP contribution in [0.25, 0.3) is 0 Å². The van der Waals surface area contributed by atoms with Crippen molar-refractivity contribution in [1.82, 2.24) is 5.43 Å². The van der Waals surface area contributed by atoms with Crippen molar-refractivity contribution in [3.05, 3.63) is 63.4 Å². The molecule has 0 radical (unpaired) electrons. The molecule has 2 aromatic carbocycles. The Morgan fingerprint density at radius 2 is 2.10 bits per heavy atom. The van der Waals surface area contributed by atoms with Gasteiger partial charge in [0.1, 0.15) is 0 Å². The fourth-order valence-electron chi connectivity index (χ4n) is 2.25. The minimum atomic E-state index is -0.339. The van der Waals surface area contributed by atoms with E-state index in [2.05, 4.69) is 21.4 Å². The highest BCUT2D eigenvalue weighted by atomic mass is 79.9. The molecular weight excluding hydrogens is 335 g/mol. The van der Waals surface area contributed by atoms with E-state index in [0.29, 0.717) is 12.0 Å². The molecule has 1 unspecified atom stereocenters. The zero-order valence-corrected chi connectivity index (χ0v) is 13.6. The van der Waals surface area contributed by atoms with Crippen LogP contribution in [0.15, 0.2) is 40.9 Å². The number of methoxy groups -OCH3 is 1. The standard InChI is InChI=1S/C16H18BrFN2O/c1-10-8-11(6-7-13(10)17)14(20-19)9-12-4-3-5-15(21-2)16(12)18/h3-8,14,20H,9,19H2,1-2H3. The molecule has 0 heterocycles. The summed E-state index contributed by atoms with van der Waals surface area (Å²) in [5.74, 6) is 5.55. The molecule has 2 rings (SSSR count). The summed E-state index contributed by atoms with van der Waals surface area (Å²) in [4.78, 5) is 0. The maximum atomic E-state index is 14.2. The number of benzene rings is 2. The van der Waals surface area contributed by atoms with Crippen molar-refractivity contribution in [3.63, 3.8) is 0 Å². The monoisotopic (exact) mass is 352 g/mol. The molecule has 0 amide bonds. The van der Waals surface area contributed by atoms with Gasteiger partial charge < -0.3 is 4.74 Å². The predicted octanol–water partition coefficient (Wildman–Crippen LogP) is 3.65. The van der Waals surface area contributed by atoms with E-state index in [0.717, 1.165) is 15.6 Å². The van der Waals surface area contributed by atoms with Gasteiger partial charge in [-0.25, -0.2) is 4.39 Å². The van der Waals surface area contributed by atoms with E-state index >= 15 is 0 Å². The average Bonchev–Trinajstić information content (AvgIpc) is 2.49. The summed E-state index contributed by atoms with van der Waals surface area (Å²) in [7, 11) is 1.46. The highest BCUT2D eigenvalue weighted by molar-refractivity contribution is 9.10. The Morgan fingerprint density at radius 1 is 1.33 bits per heavy atom. The fraction of sp³-hybridized carbons (Fsp3) is 0.250. The minimum Gasteiger partial charge on any atom is -0.494 e. The number of halogens is 2. The lowest BCUT2D eigenvalue weighted by molar-refractivity contribution is 0.382. The lowest BCUT2D eigenvalue weighted by Crippen LogP contribution is -2.29. The van der Waals surface area contributed by atoms with Crippen LogP contribution in [-0.2, 0) is 6.42 Å². The normalized spacial score (nSPS) is 12.2. The molecule has 0 bridgehead atoms. The molecule has 0 saturated carbocycles. The van der Waals surface area contributed by atoms with E-state index in [4.69, 9.17) is 10.6 Å². The van der Waals surface area contributed by atoms with Gasteiger partial charge in [0.05, 0.1) is 13.2 Å². The van der Waals surface area contributed by atoms with Crippen LogP contribution in [0.1, 0.15) is 22.7 Å². The van der Waals surface area contributed by atoms with Crippen LogP contribution < -0.4 is 16.0 Å². The Balaban J connectivity index is 2.29. The first-order valence-corrected chi connectivity index (χ1v) is 7.39. The number of hydrazine groups is 1. The Morgan fingerprint density at radius 3 is 2.71 bits per heavy atom. The zero-order chi connectivity index (χ0) is 15.4. The third-order valence-corrected chi connectivity index (χ3v) is 4.36. The lowest BCUT2D eigenvalue weighted by atomic mass is 9.97. The average molecular weight is 353 g/mol. The molecular formula is C16H18BrFN2O. The van der Waals surface area contributed by atoms with Gasteiger partial charge in [-0.15, -0.1) is 0 Å². The van der Waals surface area contributed by atoms with Crippen molar-refractivity contribution in [2.75, 3.05) is 7.11 Å². The van der Waals surface area contributed by atoms with E-state index in [9.17, 15) is 4.39 Å². The molecule has 0 aliphatic rings. The van der Waals surface area contributed by atoms with Crippen LogP contribution >= 0.6 is 15.9 Å². The summed E-state index contributed by atoms with van der Waals surface area (Å²) in [6.07, 6.45) is 0.445. The third-order valence-electron chi connectivity index (χ3n) is 3.47. The van der Waals surface area contributed by atoms with Crippen LogP contribution in [0.5, 0.6) is 5.75 Å². The van der Waals surface area contributed by atoms with E-state index in [1.807, 2.05) is 25.1 Å². The van der Waals surface area contributed by atoms with Gasteiger partial charge in [0, 0.05) is 4.47 Å². The second-order valence-corrected chi connectivity index (χ2v) is 5.72. The first kappa shape index (κ1) is 15.9. The summed E-state index contributed by atoms with van der Waals surface area (Å²) in [5, 5.41) is 0. The Labute approximate surface area is 132 Å². The quantitative estimate of drug-likeness (QED) is 0.637. The van der Waals surface area contributed by atoms with Gasteiger partial charge in [-0.3, -0.25) is 11.3 Å². The molecule has 0 spiro atoms. The largest absolute Gasteiger partial charge is 0.494 e. The van der Waals surface area contributed by atoms with Gasteiger partial charge in [0.15, 0.2) is 11.6 Å². The molecule has 112 valence electrons. The lowest BCUT2D eigenvalue weighted by Gasteiger charge is -2.18. The van der Waals surface area contributed by atoms with Crippen LogP contribution in [0, 0.1) is 12.7 Å². The molecule has 21 heavy (non-hydrogen) atoms. The molecule has 2 aromatic rings. The Hall–Kier alpha value is -1.43. The number of nitrogens with one attached hydrogen (secondary N) is 1. The van der Waals surface area contributed by atoms with Gasteiger partial charge in [0.2, 0.25) is 0 Å². The summed E-state index contributed by atoms with van der Waals surface area (Å²) < 4.78 is 20.3. The summed E-state index contributed by atoms with van der Waals surface area (Å²) in [6.45, 7) is 2.01. The van der Waals surface area contributed by atoms with Crippen molar-refractivity contribution in [3.8, 4) is 5.75 Å². The molecule has 3 N–H and O–H groups in total. The van der Waals surface area contributed by atoms with Gasteiger partial charge in [-0.1, -0.05) is 40.2 Å². The first-order chi connectivity index (χ1) is 10.1. The van der Waals surface area contributed by atoms with Crippen molar-refractivity contribution >= 4 is 15.9 Å². The Bertz CT molecular complexity index is 634. The number of rotatable bonds is 5. The highest BCUT2D eigenvalue weighted by Gasteiger charge is 2.16. The van der Waals surface area contributed by atoms with E-state index in [1.54, 1.807) is 18.2 Å². The van der Waals surface area contributed by atoms with Gasteiger partial charge >= 0.3 is 0 Å². The van der Waals surface area contributed by atoms with Gasteiger partial charge in [-0.05, 0) is 42.2 Å². The smallest absolute Gasteiger partial charge is 0.168 e. The molecule has 0 saturated heterocycles. The van der Waals surface area contributed by atoms with E-state index in [-0.39, 0.29) is 17.6 Å². The molecule has 0 aromatic heterocycles. The number of ether oxygens (including phenoxy) is 1. The number of hydrogen-bond acceptors (Lipinski definition) is 3. The Kier molecular flexibility index (Phi) is 5.33. The minimum absolute atomic E-state index is 0.168. The first-order valence-electron chi connectivity index (χ1n) is 6.60. The highest BCUT2D eigenvalue weighted by Crippen LogP contribution is 2.27. The second-order valence-electron chi connectivity index (χ2n) is 4.87. The molecule has 5 heteroatoms. The van der Waals surface area contributed by atoms with Crippen LogP contribution in [0.2, 0.25) is 0 Å². The maximum absolute atomic E-state index is 14.2. The summed E-state index contributed by atoms with van der Waals surface area (Å²) in [5.41, 5.74) is 5.45.